The lowest BCUT2D eigenvalue weighted by Crippen LogP contribution is -2.09. The van der Waals surface area contributed by atoms with E-state index < -0.39 is 0 Å². The van der Waals surface area contributed by atoms with Crippen LogP contribution in [0.15, 0.2) is 24.3 Å². The van der Waals surface area contributed by atoms with Gasteiger partial charge in [-0.05, 0) is 18.6 Å². The van der Waals surface area contributed by atoms with Crippen LogP contribution in [0.4, 0.5) is 0 Å². The summed E-state index contributed by atoms with van der Waals surface area (Å²) in [7, 11) is 1.52. The summed E-state index contributed by atoms with van der Waals surface area (Å²) in [5.74, 6) is 0.105. The summed E-state index contributed by atoms with van der Waals surface area (Å²) in [6, 6.07) is 7.00. The summed E-state index contributed by atoms with van der Waals surface area (Å²) in [6.45, 7) is 2.46. The van der Waals surface area contributed by atoms with E-state index in [0.717, 1.165) is 12.8 Å². The van der Waals surface area contributed by atoms with Crippen molar-refractivity contribution in [2.75, 3.05) is 13.7 Å². The zero-order valence-electron chi connectivity index (χ0n) is 11.5. The number of benzene rings is 1. The summed E-state index contributed by atoms with van der Waals surface area (Å²) >= 11 is 0. The predicted octanol–water partition coefficient (Wildman–Crippen LogP) is 3.00. The van der Waals surface area contributed by atoms with Crippen LogP contribution in [0.2, 0.25) is 0 Å². The van der Waals surface area contributed by atoms with Crippen LogP contribution in [-0.2, 0) is 9.53 Å². The van der Waals surface area contributed by atoms with Gasteiger partial charge < -0.3 is 9.47 Å². The van der Waals surface area contributed by atoms with Gasteiger partial charge >= 0.3 is 5.97 Å². The zero-order valence-corrected chi connectivity index (χ0v) is 11.5. The highest BCUT2D eigenvalue weighted by atomic mass is 16.5. The monoisotopic (exact) mass is 264 g/mol. The van der Waals surface area contributed by atoms with E-state index in [9.17, 15) is 9.59 Å². The predicted molar refractivity (Wildman–Crippen MR) is 72.4 cm³/mol. The standard InChI is InChI=1S/C15H20O4/c1-3-4-11-19-15(17)10-9-13(16)12-7-5-6-8-14(12)18-2/h5-8H,3-4,9-11H2,1-2H3. The lowest BCUT2D eigenvalue weighted by molar-refractivity contribution is -0.143. The third-order valence-corrected chi connectivity index (χ3v) is 2.72. The van der Waals surface area contributed by atoms with Gasteiger partial charge in [-0.25, -0.2) is 0 Å². The molecule has 0 atom stereocenters. The molecule has 0 N–H and O–H groups in total. The fraction of sp³-hybridized carbons (Fsp3) is 0.467. The van der Waals surface area contributed by atoms with E-state index in [1.807, 2.05) is 6.92 Å². The third-order valence-electron chi connectivity index (χ3n) is 2.72. The number of Topliss-reactive ketones (excluding diaryl/α,β-unsaturated/α-hetero) is 1. The first-order chi connectivity index (χ1) is 9.19. The number of hydrogen-bond acceptors (Lipinski definition) is 4. The number of esters is 1. The molecule has 104 valence electrons. The SMILES string of the molecule is CCCCOC(=O)CCC(=O)c1ccccc1OC. The highest BCUT2D eigenvalue weighted by molar-refractivity contribution is 5.99. The number of hydrogen-bond donors (Lipinski definition) is 0. The van der Waals surface area contributed by atoms with Crippen molar-refractivity contribution in [3.8, 4) is 5.75 Å². The molecule has 0 radical (unpaired) electrons. The Morgan fingerprint density at radius 1 is 1.16 bits per heavy atom. The Labute approximate surface area is 113 Å². The molecular formula is C15H20O4. The van der Waals surface area contributed by atoms with Crippen LogP contribution in [0.1, 0.15) is 43.0 Å². The van der Waals surface area contributed by atoms with Gasteiger partial charge in [-0.15, -0.1) is 0 Å². The second kappa shape index (κ2) is 8.29. The van der Waals surface area contributed by atoms with Gasteiger partial charge in [0.15, 0.2) is 5.78 Å². The number of methoxy groups -OCH3 is 1. The van der Waals surface area contributed by atoms with Crippen LogP contribution in [0, 0.1) is 0 Å². The maximum atomic E-state index is 12.0. The Kier molecular flexibility index (Phi) is 6.64. The molecule has 19 heavy (non-hydrogen) atoms. The van der Waals surface area contributed by atoms with Gasteiger partial charge in [0.1, 0.15) is 5.75 Å². The molecule has 0 bridgehead atoms. The number of rotatable bonds is 8. The van der Waals surface area contributed by atoms with Crippen LogP contribution in [0.5, 0.6) is 5.75 Å². The van der Waals surface area contributed by atoms with E-state index in [0.29, 0.717) is 17.9 Å². The molecule has 0 aliphatic rings. The average molecular weight is 264 g/mol. The van der Waals surface area contributed by atoms with Crippen molar-refractivity contribution in [1.82, 2.24) is 0 Å². The molecule has 0 saturated heterocycles. The second-order valence-electron chi connectivity index (χ2n) is 4.20. The average Bonchev–Trinajstić information content (AvgIpc) is 2.45. The van der Waals surface area contributed by atoms with Crippen molar-refractivity contribution in [2.45, 2.75) is 32.6 Å². The molecule has 4 heteroatoms. The van der Waals surface area contributed by atoms with Gasteiger partial charge in [0.2, 0.25) is 0 Å². The van der Waals surface area contributed by atoms with Crippen LogP contribution in [-0.4, -0.2) is 25.5 Å². The molecule has 0 fully saturated rings. The van der Waals surface area contributed by atoms with E-state index in [4.69, 9.17) is 9.47 Å². The fourth-order valence-electron chi connectivity index (χ4n) is 1.63. The number of ketones is 1. The Balaban J connectivity index is 2.44. The molecule has 0 heterocycles. The molecule has 0 spiro atoms. The first-order valence-electron chi connectivity index (χ1n) is 6.50. The number of carbonyl (C=O) groups excluding carboxylic acids is 2. The highest BCUT2D eigenvalue weighted by Gasteiger charge is 2.13. The van der Waals surface area contributed by atoms with Crippen molar-refractivity contribution in [3.05, 3.63) is 29.8 Å². The van der Waals surface area contributed by atoms with Gasteiger partial charge in [-0.3, -0.25) is 9.59 Å². The fourth-order valence-corrected chi connectivity index (χ4v) is 1.63. The normalized spacial score (nSPS) is 10.0. The maximum Gasteiger partial charge on any atom is 0.306 e. The molecule has 0 saturated carbocycles. The Hall–Kier alpha value is -1.84. The zero-order chi connectivity index (χ0) is 14.1. The first kappa shape index (κ1) is 15.2. The topological polar surface area (TPSA) is 52.6 Å². The number of ether oxygens (including phenoxy) is 2. The van der Waals surface area contributed by atoms with Crippen molar-refractivity contribution in [2.24, 2.45) is 0 Å². The minimum atomic E-state index is -0.323. The molecule has 0 amide bonds. The molecule has 1 aromatic carbocycles. The Morgan fingerprint density at radius 3 is 2.58 bits per heavy atom. The van der Waals surface area contributed by atoms with Gasteiger partial charge in [0.05, 0.1) is 25.7 Å². The van der Waals surface area contributed by atoms with E-state index in [2.05, 4.69) is 0 Å². The summed E-state index contributed by atoms with van der Waals surface area (Å²) in [5.41, 5.74) is 0.506. The second-order valence-corrected chi connectivity index (χ2v) is 4.20. The van der Waals surface area contributed by atoms with E-state index >= 15 is 0 Å². The van der Waals surface area contributed by atoms with Gasteiger partial charge in [0.25, 0.3) is 0 Å². The van der Waals surface area contributed by atoms with Crippen LogP contribution in [0.3, 0.4) is 0 Å². The summed E-state index contributed by atoms with van der Waals surface area (Å²) in [5, 5.41) is 0. The number of unbranched alkanes of at least 4 members (excludes halogenated alkanes) is 1. The maximum absolute atomic E-state index is 12.0. The van der Waals surface area contributed by atoms with E-state index in [-0.39, 0.29) is 24.6 Å². The quantitative estimate of drug-likeness (QED) is 0.411. The van der Waals surface area contributed by atoms with Crippen molar-refractivity contribution < 1.29 is 19.1 Å². The van der Waals surface area contributed by atoms with Crippen molar-refractivity contribution in [1.29, 1.82) is 0 Å². The molecule has 0 aliphatic heterocycles. The van der Waals surface area contributed by atoms with Gasteiger partial charge in [-0.2, -0.15) is 0 Å². The Morgan fingerprint density at radius 2 is 1.89 bits per heavy atom. The Bertz CT molecular complexity index is 426. The highest BCUT2D eigenvalue weighted by Crippen LogP contribution is 2.19. The van der Waals surface area contributed by atoms with Gasteiger partial charge in [-0.1, -0.05) is 25.5 Å². The molecule has 1 rings (SSSR count). The van der Waals surface area contributed by atoms with Crippen LogP contribution >= 0.6 is 0 Å². The first-order valence-corrected chi connectivity index (χ1v) is 6.50. The molecule has 0 aliphatic carbocycles. The lowest BCUT2D eigenvalue weighted by Gasteiger charge is -2.07. The van der Waals surface area contributed by atoms with Gasteiger partial charge in [0, 0.05) is 6.42 Å². The molecule has 1 aromatic rings. The summed E-state index contributed by atoms with van der Waals surface area (Å²) < 4.78 is 10.1. The minimum absolute atomic E-state index is 0.107. The molecule has 0 unspecified atom stereocenters. The molecule has 0 aromatic heterocycles. The summed E-state index contributed by atoms with van der Waals surface area (Å²) in [6.07, 6.45) is 2.09. The van der Waals surface area contributed by atoms with Crippen molar-refractivity contribution in [3.63, 3.8) is 0 Å². The number of para-hydroxylation sites is 1. The van der Waals surface area contributed by atoms with Crippen molar-refractivity contribution >= 4 is 11.8 Å². The van der Waals surface area contributed by atoms with Crippen LogP contribution in [0.25, 0.3) is 0 Å². The smallest absolute Gasteiger partial charge is 0.306 e. The molecule has 4 nitrogen and oxygen atoms in total. The van der Waals surface area contributed by atoms with E-state index in [1.165, 1.54) is 7.11 Å². The number of carbonyl (C=O) groups is 2. The largest absolute Gasteiger partial charge is 0.496 e. The van der Waals surface area contributed by atoms with E-state index in [1.54, 1.807) is 24.3 Å². The summed E-state index contributed by atoms with van der Waals surface area (Å²) in [4.78, 5) is 23.4. The minimum Gasteiger partial charge on any atom is -0.496 e. The lowest BCUT2D eigenvalue weighted by atomic mass is 10.1. The third kappa shape index (κ3) is 5.12. The van der Waals surface area contributed by atoms with Crippen LogP contribution < -0.4 is 4.74 Å². The molecular weight excluding hydrogens is 244 g/mol.